The Bertz CT molecular complexity index is 606. The molecule has 0 aliphatic carbocycles. The Morgan fingerprint density at radius 2 is 1.68 bits per heavy atom. The van der Waals surface area contributed by atoms with E-state index in [1.54, 1.807) is 37.4 Å². The van der Waals surface area contributed by atoms with Gasteiger partial charge in [0.15, 0.2) is 5.60 Å². The van der Waals surface area contributed by atoms with Gasteiger partial charge < -0.3 is 9.84 Å². The van der Waals surface area contributed by atoms with Gasteiger partial charge in [0.2, 0.25) is 0 Å². The lowest BCUT2D eigenvalue weighted by Gasteiger charge is -2.28. The van der Waals surface area contributed by atoms with Crippen molar-refractivity contribution >= 4 is 26.7 Å². The molecule has 0 aliphatic rings. The summed E-state index contributed by atoms with van der Waals surface area (Å²) in [5.41, 5.74) is -2.13. The standard InChI is InChI=1S/C14H13BrF2O2/c1-13(18,14(15,16)17)11-5-3-10-8-12(19-2)6-4-9(10)7-11/h3-8,18H,1-2H3. The molecule has 2 nitrogen and oxygen atoms in total. The second kappa shape index (κ2) is 4.72. The molecule has 2 aromatic carbocycles. The maximum atomic E-state index is 13.4. The van der Waals surface area contributed by atoms with Gasteiger partial charge in [0.25, 0.3) is 0 Å². The Balaban J connectivity index is 2.54. The number of aliphatic hydroxyl groups is 1. The summed E-state index contributed by atoms with van der Waals surface area (Å²) < 4.78 is 31.8. The Morgan fingerprint density at radius 1 is 1.11 bits per heavy atom. The molecule has 0 saturated carbocycles. The SMILES string of the molecule is COc1ccc2cc(C(C)(O)C(F)(F)Br)ccc2c1. The van der Waals surface area contributed by atoms with Crippen molar-refractivity contribution in [3.05, 3.63) is 42.0 Å². The number of alkyl halides is 3. The maximum Gasteiger partial charge on any atom is 0.333 e. The highest BCUT2D eigenvalue weighted by Crippen LogP contribution is 2.42. The Morgan fingerprint density at radius 3 is 2.26 bits per heavy atom. The van der Waals surface area contributed by atoms with Gasteiger partial charge >= 0.3 is 4.83 Å². The molecule has 0 spiro atoms. The Labute approximate surface area is 118 Å². The van der Waals surface area contributed by atoms with E-state index >= 15 is 0 Å². The first-order chi connectivity index (χ1) is 8.75. The molecule has 0 radical (unpaired) electrons. The Hall–Kier alpha value is -1.20. The van der Waals surface area contributed by atoms with Crippen molar-refractivity contribution in [2.75, 3.05) is 7.11 Å². The molecule has 2 rings (SSSR count). The number of halogens is 3. The summed E-state index contributed by atoms with van der Waals surface area (Å²) in [7, 11) is 1.56. The fourth-order valence-corrected chi connectivity index (χ4v) is 2.05. The van der Waals surface area contributed by atoms with Crippen LogP contribution in [-0.4, -0.2) is 17.0 Å². The fraction of sp³-hybridized carbons (Fsp3) is 0.286. The largest absolute Gasteiger partial charge is 0.497 e. The summed E-state index contributed by atoms with van der Waals surface area (Å²) in [6, 6.07) is 10.0. The predicted molar refractivity (Wildman–Crippen MR) is 73.9 cm³/mol. The van der Waals surface area contributed by atoms with Crippen LogP contribution in [0, 0.1) is 0 Å². The molecule has 1 unspecified atom stereocenters. The van der Waals surface area contributed by atoms with Gasteiger partial charge in [0, 0.05) is 0 Å². The molecule has 1 N–H and O–H groups in total. The van der Waals surface area contributed by atoms with Crippen molar-refractivity contribution in [2.24, 2.45) is 0 Å². The molecule has 0 heterocycles. The highest BCUT2D eigenvalue weighted by atomic mass is 79.9. The van der Waals surface area contributed by atoms with Gasteiger partial charge in [-0.15, -0.1) is 0 Å². The lowest BCUT2D eigenvalue weighted by atomic mass is 9.94. The molecule has 0 saturated heterocycles. The highest BCUT2D eigenvalue weighted by Gasteiger charge is 2.48. The lowest BCUT2D eigenvalue weighted by Crippen LogP contribution is -2.37. The quantitative estimate of drug-likeness (QED) is 0.860. The summed E-state index contributed by atoms with van der Waals surface area (Å²) >= 11 is 2.22. The van der Waals surface area contributed by atoms with Crippen LogP contribution in [0.25, 0.3) is 10.8 Å². The third-order valence-corrected chi connectivity index (χ3v) is 3.93. The van der Waals surface area contributed by atoms with E-state index in [0.717, 1.165) is 17.7 Å². The second-order valence-electron chi connectivity index (χ2n) is 4.50. The normalized spacial score (nSPS) is 15.3. The number of hydrogen-bond acceptors (Lipinski definition) is 2. The smallest absolute Gasteiger partial charge is 0.333 e. The number of benzene rings is 2. The average molecular weight is 331 g/mol. The van der Waals surface area contributed by atoms with Gasteiger partial charge in [-0.3, -0.25) is 0 Å². The zero-order valence-corrected chi connectivity index (χ0v) is 12.0. The zero-order valence-electron chi connectivity index (χ0n) is 10.5. The first-order valence-electron chi connectivity index (χ1n) is 5.63. The first kappa shape index (κ1) is 14.2. The molecule has 1 atom stereocenters. The van der Waals surface area contributed by atoms with Crippen LogP contribution in [0.15, 0.2) is 36.4 Å². The number of methoxy groups -OCH3 is 1. The van der Waals surface area contributed by atoms with Crippen LogP contribution in [0.1, 0.15) is 12.5 Å². The molecule has 0 aliphatic heterocycles. The van der Waals surface area contributed by atoms with Gasteiger partial charge in [-0.25, -0.2) is 0 Å². The minimum absolute atomic E-state index is 0.145. The van der Waals surface area contributed by atoms with E-state index in [0.29, 0.717) is 5.75 Å². The van der Waals surface area contributed by atoms with E-state index in [1.807, 2.05) is 0 Å². The van der Waals surface area contributed by atoms with Gasteiger partial charge in [0.05, 0.1) is 7.11 Å². The van der Waals surface area contributed by atoms with Gasteiger partial charge in [-0.1, -0.05) is 18.2 Å². The summed E-state index contributed by atoms with van der Waals surface area (Å²) in [6.45, 7) is 1.08. The first-order valence-corrected chi connectivity index (χ1v) is 6.42. The van der Waals surface area contributed by atoms with Crippen LogP contribution in [0.5, 0.6) is 5.75 Å². The molecule has 102 valence electrons. The van der Waals surface area contributed by atoms with E-state index in [9.17, 15) is 13.9 Å². The number of hydrogen-bond donors (Lipinski definition) is 1. The number of ether oxygens (including phenoxy) is 1. The molecule has 19 heavy (non-hydrogen) atoms. The van der Waals surface area contributed by atoms with Crippen LogP contribution < -0.4 is 4.74 Å². The van der Waals surface area contributed by atoms with E-state index in [-0.39, 0.29) is 5.56 Å². The predicted octanol–water partition coefficient (Wildman–Crippen LogP) is 4.04. The maximum absolute atomic E-state index is 13.4. The average Bonchev–Trinajstić information content (AvgIpc) is 2.36. The molecular formula is C14H13BrF2O2. The van der Waals surface area contributed by atoms with Gasteiger partial charge in [-0.05, 0) is 57.4 Å². The molecule has 0 fully saturated rings. The molecule has 0 amide bonds. The third kappa shape index (κ3) is 2.58. The van der Waals surface area contributed by atoms with Crippen molar-refractivity contribution < 1.29 is 18.6 Å². The topological polar surface area (TPSA) is 29.5 Å². The minimum Gasteiger partial charge on any atom is -0.497 e. The van der Waals surface area contributed by atoms with Crippen LogP contribution >= 0.6 is 15.9 Å². The van der Waals surface area contributed by atoms with E-state index in [2.05, 4.69) is 15.9 Å². The fourth-order valence-electron chi connectivity index (χ4n) is 1.82. The van der Waals surface area contributed by atoms with Crippen LogP contribution in [-0.2, 0) is 5.60 Å². The molecule has 5 heteroatoms. The minimum atomic E-state index is -3.40. The van der Waals surface area contributed by atoms with Crippen molar-refractivity contribution in [1.82, 2.24) is 0 Å². The second-order valence-corrected chi connectivity index (χ2v) is 5.49. The summed E-state index contributed by atoms with van der Waals surface area (Å²) in [5.74, 6) is 0.692. The molecule has 2 aromatic rings. The van der Waals surface area contributed by atoms with Crippen molar-refractivity contribution in [2.45, 2.75) is 17.4 Å². The zero-order chi connectivity index (χ0) is 14.3. The van der Waals surface area contributed by atoms with Gasteiger partial charge in [0.1, 0.15) is 5.75 Å². The van der Waals surface area contributed by atoms with Gasteiger partial charge in [-0.2, -0.15) is 8.78 Å². The highest BCUT2D eigenvalue weighted by molar-refractivity contribution is 9.10. The van der Waals surface area contributed by atoms with E-state index < -0.39 is 10.4 Å². The van der Waals surface area contributed by atoms with Crippen LogP contribution in [0.2, 0.25) is 0 Å². The third-order valence-electron chi connectivity index (χ3n) is 3.16. The van der Waals surface area contributed by atoms with Crippen LogP contribution in [0.3, 0.4) is 0 Å². The number of fused-ring (bicyclic) bond motifs is 1. The molecule has 0 aromatic heterocycles. The van der Waals surface area contributed by atoms with Crippen molar-refractivity contribution in [3.63, 3.8) is 0 Å². The Kier molecular flexibility index (Phi) is 3.53. The van der Waals surface area contributed by atoms with E-state index in [4.69, 9.17) is 4.74 Å². The van der Waals surface area contributed by atoms with E-state index in [1.165, 1.54) is 6.07 Å². The number of rotatable bonds is 3. The monoisotopic (exact) mass is 330 g/mol. The summed E-state index contributed by atoms with van der Waals surface area (Å²) in [5, 5.41) is 11.6. The summed E-state index contributed by atoms with van der Waals surface area (Å²) in [6.07, 6.45) is 0. The van der Waals surface area contributed by atoms with Crippen molar-refractivity contribution in [3.8, 4) is 5.75 Å². The molecular weight excluding hydrogens is 318 g/mol. The molecule has 0 bridgehead atoms. The van der Waals surface area contributed by atoms with Crippen LogP contribution in [0.4, 0.5) is 8.78 Å². The lowest BCUT2D eigenvalue weighted by molar-refractivity contribution is -0.109. The van der Waals surface area contributed by atoms with Crippen molar-refractivity contribution in [1.29, 1.82) is 0 Å². The summed E-state index contributed by atoms with van der Waals surface area (Å²) in [4.78, 5) is -3.40.